The molecular weight excluding hydrogens is 410 g/mol. The summed E-state index contributed by atoms with van der Waals surface area (Å²) in [5, 5.41) is 1.40. The number of benzene rings is 2. The van der Waals surface area contributed by atoms with Crippen molar-refractivity contribution in [3.8, 4) is 22.5 Å². The first kappa shape index (κ1) is 19.6. The van der Waals surface area contributed by atoms with Crippen molar-refractivity contribution in [1.82, 2.24) is 19.9 Å². The predicted molar refractivity (Wildman–Crippen MR) is 123 cm³/mol. The number of rotatable bonds is 5. The molecule has 1 fully saturated rings. The van der Waals surface area contributed by atoms with Crippen LogP contribution in [0.5, 0.6) is 0 Å². The van der Waals surface area contributed by atoms with Crippen molar-refractivity contribution >= 4 is 34.1 Å². The number of nitrogens with two attached hydrogens (primary N) is 1. The average molecular weight is 430 g/mol. The molecule has 0 bridgehead atoms. The summed E-state index contributed by atoms with van der Waals surface area (Å²) in [7, 11) is 0. The molecule has 0 amide bonds. The van der Waals surface area contributed by atoms with Gasteiger partial charge >= 0.3 is 0 Å². The molecule has 6 nitrogen and oxygen atoms in total. The van der Waals surface area contributed by atoms with E-state index < -0.39 is 0 Å². The normalized spacial score (nSPS) is 13.8. The molecule has 1 aliphatic heterocycles. The smallest absolute Gasteiger partial charge is 0.198 e. The number of hydrogen-bond donors (Lipinski definition) is 1. The lowest BCUT2D eigenvalue weighted by molar-refractivity contribution is 0.0871. The van der Waals surface area contributed by atoms with E-state index in [2.05, 4.69) is 14.9 Å². The van der Waals surface area contributed by atoms with Gasteiger partial charge in [-0.3, -0.25) is 14.7 Å². The maximum atomic E-state index is 12.9. The summed E-state index contributed by atoms with van der Waals surface area (Å²) >= 11 is 6.53. The van der Waals surface area contributed by atoms with Gasteiger partial charge in [0.05, 0.1) is 28.5 Å². The zero-order valence-corrected chi connectivity index (χ0v) is 17.5. The maximum Gasteiger partial charge on any atom is 0.198 e. The minimum atomic E-state index is -0.126. The first-order valence-corrected chi connectivity index (χ1v) is 10.5. The third-order valence-corrected chi connectivity index (χ3v) is 5.77. The van der Waals surface area contributed by atoms with E-state index in [0.29, 0.717) is 28.5 Å². The SMILES string of the molecule is Nc1nc(-c2ccccc2)c(-c2cc(Cl)c3ncccc3c2)nc1C(=O)CN1CCC1. The molecule has 0 atom stereocenters. The minimum absolute atomic E-state index is 0.126. The monoisotopic (exact) mass is 429 g/mol. The van der Waals surface area contributed by atoms with Crippen LogP contribution in [0.25, 0.3) is 33.4 Å². The molecule has 7 heteroatoms. The number of Topliss-reactive ketones (excluding diaryl/α,β-unsaturated/α-hetero) is 1. The van der Waals surface area contributed by atoms with E-state index in [0.717, 1.165) is 36.0 Å². The van der Waals surface area contributed by atoms with Crippen molar-refractivity contribution in [2.45, 2.75) is 6.42 Å². The Kier molecular flexibility index (Phi) is 5.10. The summed E-state index contributed by atoms with van der Waals surface area (Å²) in [5.74, 6) is 0.0146. The second kappa shape index (κ2) is 8.06. The summed E-state index contributed by atoms with van der Waals surface area (Å²) in [4.78, 5) is 28.7. The molecule has 0 saturated carbocycles. The van der Waals surface area contributed by atoms with Crippen LogP contribution in [0.4, 0.5) is 5.82 Å². The number of anilines is 1. The topological polar surface area (TPSA) is 85.0 Å². The van der Waals surface area contributed by atoms with Crippen LogP contribution in [0.1, 0.15) is 16.9 Å². The zero-order chi connectivity index (χ0) is 21.4. The van der Waals surface area contributed by atoms with Crippen LogP contribution < -0.4 is 5.73 Å². The van der Waals surface area contributed by atoms with Crippen molar-refractivity contribution in [2.24, 2.45) is 0 Å². The molecule has 1 aliphatic rings. The van der Waals surface area contributed by atoms with Crippen LogP contribution >= 0.6 is 11.6 Å². The number of likely N-dealkylation sites (tertiary alicyclic amines) is 1. The van der Waals surface area contributed by atoms with E-state index in [1.54, 1.807) is 6.20 Å². The molecular formula is C24H20ClN5O. The fourth-order valence-corrected chi connectivity index (χ4v) is 4.03. The van der Waals surface area contributed by atoms with Gasteiger partial charge in [0.2, 0.25) is 0 Å². The lowest BCUT2D eigenvalue weighted by Gasteiger charge is -2.29. The Balaban J connectivity index is 1.69. The molecule has 154 valence electrons. The number of carbonyl (C=O) groups excluding carboxylic acids is 1. The molecule has 2 aromatic carbocycles. The second-order valence-electron chi connectivity index (χ2n) is 7.61. The highest BCUT2D eigenvalue weighted by atomic mass is 35.5. The Labute approximate surface area is 184 Å². The quantitative estimate of drug-likeness (QED) is 0.471. The standard InChI is InChI=1S/C24H20ClN5O/c25-18-13-17(12-16-8-4-9-27-20(16)18)22-21(15-6-2-1-3-7-15)29-24(26)23(28-22)19(31)14-30-10-5-11-30/h1-4,6-9,12-13H,5,10-11,14H2,(H2,26,29). The van der Waals surface area contributed by atoms with E-state index >= 15 is 0 Å². The zero-order valence-electron chi connectivity index (χ0n) is 16.8. The van der Waals surface area contributed by atoms with Gasteiger partial charge in [0.1, 0.15) is 0 Å². The summed E-state index contributed by atoms with van der Waals surface area (Å²) in [5.41, 5.74) is 9.93. The van der Waals surface area contributed by atoms with Crippen molar-refractivity contribution in [3.05, 3.63) is 71.5 Å². The number of carbonyl (C=O) groups is 1. The van der Waals surface area contributed by atoms with Gasteiger partial charge in [-0.05, 0) is 37.7 Å². The fourth-order valence-electron chi connectivity index (χ4n) is 3.75. The predicted octanol–water partition coefficient (Wildman–Crippen LogP) is 4.48. The van der Waals surface area contributed by atoms with Crippen LogP contribution in [0, 0.1) is 0 Å². The number of nitrogens with zero attached hydrogens (tertiary/aromatic N) is 4. The molecule has 2 aromatic heterocycles. The van der Waals surface area contributed by atoms with Gasteiger partial charge in [-0.15, -0.1) is 0 Å². The number of nitrogen functional groups attached to an aromatic ring is 1. The van der Waals surface area contributed by atoms with Crippen molar-refractivity contribution < 1.29 is 4.79 Å². The molecule has 0 radical (unpaired) electrons. The van der Waals surface area contributed by atoms with E-state index in [4.69, 9.17) is 22.3 Å². The maximum absolute atomic E-state index is 12.9. The van der Waals surface area contributed by atoms with E-state index in [1.165, 1.54) is 0 Å². The fraction of sp³-hybridized carbons (Fsp3) is 0.167. The Hall–Kier alpha value is -3.35. The molecule has 5 rings (SSSR count). The molecule has 3 heterocycles. The molecule has 4 aromatic rings. The molecule has 0 aliphatic carbocycles. The Morgan fingerprint density at radius 3 is 2.52 bits per heavy atom. The van der Waals surface area contributed by atoms with Gasteiger partial charge in [-0.25, -0.2) is 9.97 Å². The van der Waals surface area contributed by atoms with Crippen molar-refractivity contribution in [3.63, 3.8) is 0 Å². The van der Waals surface area contributed by atoms with E-state index in [-0.39, 0.29) is 17.3 Å². The summed E-state index contributed by atoms with van der Waals surface area (Å²) in [6.07, 6.45) is 2.81. The second-order valence-corrected chi connectivity index (χ2v) is 8.01. The molecule has 1 saturated heterocycles. The first-order valence-electron chi connectivity index (χ1n) is 10.1. The lowest BCUT2D eigenvalue weighted by atomic mass is 10.0. The Bertz CT molecular complexity index is 1290. The summed E-state index contributed by atoms with van der Waals surface area (Å²) in [6.45, 7) is 2.13. The largest absolute Gasteiger partial charge is 0.382 e. The minimum Gasteiger partial charge on any atom is -0.382 e. The van der Waals surface area contributed by atoms with Crippen LogP contribution in [0.3, 0.4) is 0 Å². The molecule has 31 heavy (non-hydrogen) atoms. The number of hydrogen-bond acceptors (Lipinski definition) is 6. The van der Waals surface area contributed by atoms with Gasteiger partial charge in [0, 0.05) is 22.7 Å². The first-order chi connectivity index (χ1) is 15.1. The summed E-state index contributed by atoms with van der Waals surface area (Å²) in [6, 6.07) is 17.3. The Morgan fingerprint density at radius 2 is 1.77 bits per heavy atom. The number of fused-ring (bicyclic) bond motifs is 1. The van der Waals surface area contributed by atoms with Gasteiger partial charge in [0.15, 0.2) is 17.3 Å². The van der Waals surface area contributed by atoms with Crippen molar-refractivity contribution in [2.75, 3.05) is 25.4 Å². The van der Waals surface area contributed by atoms with Gasteiger partial charge < -0.3 is 5.73 Å². The third kappa shape index (κ3) is 3.76. The van der Waals surface area contributed by atoms with Crippen molar-refractivity contribution in [1.29, 1.82) is 0 Å². The highest BCUT2D eigenvalue weighted by Gasteiger charge is 2.24. The summed E-state index contributed by atoms with van der Waals surface area (Å²) < 4.78 is 0. The number of aromatic nitrogens is 3. The van der Waals surface area contributed by atoms with Crippen LogP contribution in [0.15, 0.2) is 60.8 Å². The van der Waals surface area contributed by atoms with E-state index in [9.17, 15) is 4.79 Å². The average Bonchev–Trinajstić information content (AvgIpc) is 2.76. The number of ketones is 1. The third-order valence-electron chi connectivity index (χ3n) is 5.48. The highest BCUT2D eigenvalue weighted by Crippen LogP contribution is 2.35. The van der Waals surface area contributed by atoms with Crippen LogP contribution in [0.2, 0.25) is 5.02 Å². The molecule has 0 spiro atoms. The van der Waals surface area contributed by atoms with Gasteiger partial charge in [-0.1, -0.05) is 48.0 Å². The number of pyridine rings is 1. The van der Waals surface area contributed by atoms with Crippen LogP contribution in [-0.2, 0) is 0 Å². The van der Waals surface area contributed by atoms with E-state index in [1.807, 2.05) is 54.6 Å². The van der Waals surface area contributed by atoms with Gasteiger partial charge in [0.25, 0.3) is 0 Å². The number of halogens is 1. The molecule has 2 N–H and O–H groups in total. The lowest BCUT2D eigenvalue weighted by Crippen LogP contribution is -2.41. The molecule has 0 unspecified atom stereocenters. The Morgan fingerprint density at radius 1 is 1.00 bits per heavy atom. The van der Waals surface area contributed by atoms with Crippen LogP contribution in [-0.4, -0.2) is 45.3 Å². The highest BCUT2D eigenvalue weighted by molar-refractivity contribution is 6.35. The van der Waals surface area contributed by atoms with Gasteiger partial charge in [-0.2, -0.15) is 0 Å².